The molecular formula is C13H19BrN4S. The van der Waals surface area contributed by atoms with E-state index in [2.05, 4.69) is 56.1 Å². The van der Waals surface area contributed by atoms with Crippen LogP contribution in [0.2, 0.25) is 0 Å². The van der Waals surface area contributed by atoms with E-state index in [0.717, 1.165) is 40.0 Å². The number of pyridine rings is 1. The molecule has 0 aliphatic heterocycles. The van der Waals surface area contributed by atoms with E-state index in [9.17, 15) is 0 Å². The van der Waals surface area contributed by atoms with Gasteiger partial charge in [-0.15, -0.1) is 0 Å². The second-order valence-electron chi connectivity index (χ2n) is 4.66. The predicted molar refractivity (Wildman–Crippen MR) is 85.1 cm³/mol. The van der Waals surface area contributed by atoms with Gasteiger partial charge in [0.15, 0.2) is 10.4 Å². The van der Waals surface area contributed by atoms with Crippen molar-refractivity contribution in [2.75, 3.05) is 19.6 Å². The number of aromatic amines is 1. The van der Waals surface area contributed by atoms with E-state index in [-0.39, 0.29) is 0 Å². The Balaban J connectivity index is 2.39. The predicted octanol–water partition coefficient (Wildman–Crippen LogP) is 3.76. The Kier molecular flexibility index (Phi) is 4.76. The Morgan fingerprint density at radius 2 is 2.16 bits per heavy atom. The minimum Gasteiger partial charge on any atom is -0.329 e. The summed E-state index contributed by atoms with van der Waals surface area (Å²) in [5.41, 5.74) is 1.90. The molecule has 6 heteroatoms. The van der Waals surface area contributed by atoms with Gasteiger partial charge >= 0.3 is 0 Å². The van der Waals surface area contributed by atoms with Gasteiger partial charge in [-0.3, -0.25) is 4.57 Å². The molecule has 0 bridgehead atoms. The van der Waals surface area contributed by atoms with E-state index in [1.807, 2.05) is 12.3 Å². The maximum absolute atomic E-state index is 5.43. The molecule has 1 atom stereocenters. The van der Waals surface area contributed by atoms with Crippen molar-refractivity contribution in [1.29, 1.82) is 0 Å². The van der Waals surface area contributed by atoms with E-state index < -0.39 is 0 Å². The van der Waals surface area contributed by atoms with Crippen molar-refractivity contribution in [3.8, 4) is 0 Å². The number of nitrogens with one attached hydrogen (secondary N) is 1. The van der Waals surface area contributed by atoms with Crippen LogP contribution in [0.4, 0.5) is 0 Å². The highest BCUT2D eigenvalue weighted by molar-refractivity contribution is 9.10. The SMILES string of the molecule is CCN(CC)CC(C)n1c(=S)[nH]c2cc(Br)cnc21. The molecule has 0 aliphatic rings. The fourth-order valence-corrected chi connectivity index (χ4v) is 3.04. The van der Waals surface area contributed by atoms with Gasteiger partial charge in [-0.2, -0.15) is 0 Å². The Labute approximate surface area is 127 Å². The van der Waals surface area contributed by atoms with Gasteiger partial charge in [0.2, 0.25) is 0 Å². The summed E-state index contributed by atoms with van der Waals surface area (Å²) in [4.78, 5) is 10.1. The summed E-state index contributed by atoms with van der Waals surface area (Å²) in [5, 5.41) is 0. The van der Waals surface area contributed by atoms with Crippen molar-refractivity contribution < 1.29 is 0 Å². The van der Waals surface area contributed by atoms with Crippen molar-refractivity contribution in [2.24, 2.45) is 0 Å². The van der Waals surface area contributed by atoms with Crippen LogP contribution >= 0.6 is 28.1 Å². The lowest BCUT2D eigenvalue weighted by Gasteiger charge is -2.23. The van der Waals surface area contributed by atoms with Crippen LogP contribution in [0.1, 0.15) is 26.8 Å². The number of nitrogens with zero attached hydrogens (tertiary/aromatic N) is 3. The molecule has 2 heterocycles. The fraction of sp³-hybridized carbons (Fsp3) is 0.538. The first kappa shape index (κ1) is 14.7. The van der Waals surface area contributed by atoms with Gasteiger partial charge in [0.05, 0.1) is 5.52 Å². The molecular weight excluding hydrogens is 324 g/mol. The van der Waals surface area contributed by atoms with Crippen LogP contribution in [0.3, 0.4) is 0 Å². The number of fused-ring (bicyclic) bond motifs is 1. The topological polar surface area (TPSA) is 36.9 Å². The maximum atomic E-state index is 5.43. The summed E-state index contributed by atoms with van der Waals surface area (Å²) in [5.74, 6) is 0. The maximum Gasteiger partial charge on any atom is 0.179 e. The average Bonchev–Trinajstić information content (AvgIpc) is 2.70. The lowest BCUT2D eigenvalue weighted by Crippen LogP contribution is -2.29. The monoisotopic (exact) mass is 342 g/mol. The Hall–Kier alpha value is -0.720. The molecule has 0 saturated carbocycles. The summed E-state index contributed by atoms with van der Waals surface area (Å²) in [7, 11) is 0. The first-order chi connectivity index (χ1) is 9.06. The van der Waals surface area contributed by atoms with Crippen LogP contribution in [0, 0.1) is 4.77 Å². The number of H-pyrrole nitrogens is 1. The zero-order valence-corrected chi connectivity index (χ0v) is 13.9. The molecule has 0 aliphatic carbocycles. The lowest BCUT2D eigenvalue weighted by atomic mass is 10.3. The van der Waals surface area contributed by atoms with Crippen molar-refractivity contribution >= 4 is 39.3 Å². The van der Waals surface area contributed by atoms with Crippen LogP contribution in [0.25, 0.3) is 11.2 Å². The fourth-order valence-electron chi connectivity index (χ4n) is 2.33. The van der Waals surface area contributed by atoms with Crippen LogP contribution < -0.4 is 0 Å². The summed E-state index contributed by atoms with van der Waals surface area (Å²) in [6, 6.07) is 2.31. The zero-order chi connectivity index (χ0) is 14.0. The van der Waals surface area contributed by atoms with Crippen LogP contribution in [0.15, 0.2) is 16.7 Å². The zero-order valence-electron chi connectivity index (χ0n) is 11.5. The van der Waals surface area contributed by atoms with Crippen molar-refractivity contribution in [1.82, 2.24) is 19.4 Å². The van der Waals surface area contributed by atoms with Gasteiger partial charge in [-0.25, -0.2) is 4.98 Å². The molecule has 4 nitrogen and oxygen atoms in total. The molecule has 0 saturated heterocycles. The second-order valence-corrected chi connectivity index (χ2v) is 5.96. The van der Waals surface area contributed by atoms with Gasteiger partial charge < -0.3 is 9.88 Å². The Morgan fingerprint density at radius 1 is 1.47 bits per heavy atom. The molecule has 2 aromatic heterocycles. The third-order valence-corrected chi connectivity index (χ3v) is 4.11. The van der Waals surface area contributed by atoms with Gasteiger partial charge in [-0.05, 0) is 54.2 Å². The molecule has 0 amide bonds. The Bertz CT molecular complexity index is 615. The highest BCUT2D eigenvalue weighted by atomic mass is 79.9. The third-order valence-electron chi connectivity index (χ3n) is 3.38. The number of likely N-dealkylation sites (N-methyl/N-ethyl adjacent to an activating group) is 1. The number of aromatic nitrogens is 3. The van der Waals surface area contributed by atoms with E-state index in [4.69, 9.17) is 12.2 Å². The van der Waals surface area contributed by atoms with Gasteiger partial charge in [-0.1, -0.05) is 13.8 Å². The minimum atomic E-state index is 0.301. The molecule has 19 heavy (non-hydrogen) atoms. The minimum absolute atomic E-state index is 0.301. The summed E-state index contributed by atoms with van der Waals surface area (Å²) in [6.07, 6.45) is 1.81. The normalized spacial score (nSPS) is 13.3. The first-order valence-corrected chi connectivity index (χ1v) is 7.75. The number of imidazole rings is 1. The Morgan fingerprint density at radius 3 is 2.79 bits per heavy atom. The lowest BCUT2D eigenvalue weighted by molar-refractivity contribution is 0.262. The van der Waals surface area contributed by atoms with Crippen LogP contribution in [-0.2, 0) is 0 Å². The number of hydrogen-bond acceptors (Lipinski definition) is 3. The van der Waals surface area contributed by atoms with E-state index in [0.29, 0.717) is 6.04 Å². The van der Waals surface area contributed by atoms with E-state index >= 15 is 0 Å². The van der Waals surface area contributed by atoms with E-state index in [1.54, 1.807) is 0 Å². The van der Waals surface area contributed by atoms with Crippen molar-refractivity contribution in [2.45, 2.75) is 26.8 Å². The molecule has 104 valence electrons. The van der Waals surface area contributed by atoms with Crippen LogP contribution in [0.5, 0.6) is 0 Å². The number of rotatable bonds is 5. The van der Waals surface area contributed by atoms with Gasteiger partial charge in [0, 0.05) is 23.3 Å². The highest BCUT2D eigenvalue weighted by Gasteiger charge is 2.14. The molecule has 2 aromatic rings. The molecule has 0 radical (unpaired) electrons. The van der Waals surface area contributed by atoms with Crippen molar-refractivity contribution in [3.05, 3.63) is 21.5 Å². The summed E-state index contributed by atoms with van der Waals surface area (Å²) < 4.78 is 3.80. The molecule has 0 aromatic carbocycles. The van der Waals surface area contributed by atoms with Gasteiger partial charge in [0.25, 0.3) is 0 Å². The summed E-state index contributed by atoms with van der Waals surface area (Å²) >= 11 is 8.86. The third kappa shape index (κ3) is 3.07. The molecule has 1 unspecified atom stereocenters. The summed E-state index contributed by atoms with van der Waals surface area (Å²) in [6.45, 7) is 9.63. The van der Waals surface area contributed by atoms with Gasteiger partial charge in [0.1, 0.15) is 0 Å². The second kappa shape index (κ2) is 6.15. The highest BCUT2D eigenvalue weighted by Crippen LogP contribution is 2.20. The molecule has 0 fully saturated rings. The quantitative estimate of drug-likeness (QED) is 0.840. The molecule has 0 spiro atoms. The average molecular weight is 343 g/mol. The number of halogens is 1. The first-order valence-electron chi connectivity index (χ1n) is 6.54. The van der Waals surface area contributed by atoms with Crippen molar-refractivity contribution in [3.63, 3.8) is 0 Å². The van der Waals surface area contributed by atoms with Crippen LogP contribution in [-0.4, -0.2) is 39.1 Å². The molecule has 1 N–H and O–H groups in total. The number of hydrogen-bond donors (Lipinski definition) is 1. The largest absolute Gasteiger partial charge is 0.329 e. The van der Waals surface area contributed by atoms with E-state index in [1.165, 1.54) is 0 Å². The molecule has 2 rings (SSSR count). The standard InChI is InChI=1S/C13H19BrN4S/c1-4-17(5-2)8-9(3)18-12-11(16-13(18)19)6-10(14)7-15-12/h6-7,9H,4-5,8H2,1-3H3,(H,16,19). The smallest absolute Gasteiger partial charge is 0.179 e.